The Kier molecular flexibility index (Phi) is 4.64. The lowest BCUT2D eigenvalue weighted by Gasteiger charge is -2.18. The molecular formula is C18H21N3O3. The molecule has 1 saturated heterocycles. The van der Waals surface area contributed by atoms with Gasteiger partial charge in [0.25, 0.3) is 5.56 Å². The Morgan fingerprint density at radius 2 is 2.29 bits per heavy atom. The number of nitrogens with one attached hydrogen (secondary N) is 1. The van der Waals surface area contributed by atoms with Crippen molar-refractivity contribution in [1.82, 2.24) is 9.97 Å². The number of esters is 1. The maximum absolute atomic E-state index is 12.0. The molecule has 0 radical (unpaired) electrons. The molecule has 126 valence electrons. The van der Waals surface area contributed by atoms with Crippen LogP contribution in [0, 0.1) is 6.92 Å². The number of carbonyl (C=O) groups is 1. The van der Waals surface area contributed by atoms with Crippen molar-refractivity contribution in [1.29, 1.82) is 0 Å². The van der Waals surface area contributed by atoms with Crippen LogP contribution in [0.2, 0.25) is 0 Å². The van der Waals surface area contributed by atoms with Crippen molar-refractivity contribution in [3.05, 3.63) is 57.8 Å². The van der Waals surface area contributed by atoms with E-state index in [0.29, 0.717) is 17.9 Å². The maximum atomic E-state index is 12.0. The molecule has 0 bridgehead atoms. The second-order valence-electron chi connectivity index (χ2n) is 5.99. The van der Waals surface area contributed by atoms with Gasteiger partial charge >= 0.3 is 5.97 Å². The summed E-state index contributed by atoms with van der Waals surface area (Å²) in [6, 6.07) is 5.69. The summed E-state index contributed by atoms with van der Waals surface area (Å²) in [4.78, 5) is 32.6. The van der Waals surface area contributed by atoms with Crippen molar-refractivity contribution in [3.8, 4) is 0 Å². The molecule has 1 N–H and O–H groups in total. The molecule has 6 nitrogen and oxygen atoms in total. The topological polar surface area (TPSA) is 75.3 Å². The average Bonchev–Trinajstić information content (AvgIpc) is 3.05. The molecule has 2 heterocycles. The Morgan fingerprint density at radius 3 is 3.04 bits per heavy atom. The molecule has 1 unspecified atom stereocenters. The Balaban J connectivity index is 1.83. The average molecular weight is 327 g/mol. The van der Waals surface area contributed by atoms with Crippen LogP contribution < -0.4 is 10.5 Å². The van der Waals surface area contributed by atoms with Crippen LogP contribution in [0.4, 0.5) is 5.69 Å². The molecule has 0 spiro atoms. The van der Waals surface area contributed by atoms with Crippen LogP contribution in [0.25, 0.3) is 0 Å². The number of benzene rings is 1. The first-order chi connectivity index (χ1) is 11.6. The first-order valence-electron chi connectivity index (χ1n) is 8.15. The molecule has 1 aromatic heterocycles. The van der Waals surface area contributed by atoms with Crippen LogP contribution in [0.5, 0.6) is 0 Å². The van der Waals surface area contributed by atoms with Crippen molar-refractivity contribution >= 4 is 11.7 Å². The lowest BCUT2D eigenvalue weighted by molar-refractivity contribution is 0.0526. The summed E-state index contributed by atoms with van der Waals surface area (Å²) < 4.78 is 5.09. The Morgan fingerprint density at radius 1 is 1.46 bits per heavy atom. The van der Waals surface area contributed by atoms with Crippen molar-refractivity contribution in [2.75, 3.05) is 24.6 Å². The first-order valence-corrected chi connectivity index (χ1v) is 8.15. The van der Waals surface area contributed by atoms with Crippen molar-refractivity contribution in [3.63, 3.8) is 0 Å². The van der Waals surface area contributed by atoms with Gasteiger partial charge in [-0.2, -0.15) is 0 Å². The predicted octanol–water partition coefficient (Wildman–Crippen LogP) is 2.25. The number of rotatable bonds is 4. The van der Waals surface area contributed by atoms with Gasteiger partial charge in [-0.1, -0.05) is 6.07 Å². The SMILES string of the molecule is CCOC(=O)c1ccc(C)c(C2CCN(c3cnc[nH]c3=O)C2)c1. The molecule has 0 saturated carbocycles. The lowest BCUT2D eigenvalue weighted by atomic mass is 9.92. The van der Waals surface area contributed by atoms with Gasteiger partial charge in [0.1, 0.15) is 5.69 Å². The number of anilines is 1. The highest BCUT2D eigenvalue weighted by atomic mass is 16.5. The normalized spacial score (nSPS) is 17.1. The summed E-state index contributed by atoms with van der Waals surface area (Å²) in [6.45, 7) is 5.74. The Bertz CT molecular complexity index is 800. The van der Waals surface area contributed by atoms with Crippen molar-refractivity contribution in [2.24, 2.45) is 0 Å². The van der Waals surface area contributed by atoms with E-state index in [1.807, 2.05) is 24.0 Å². The Hall–Kier alpha value is -2.63. The van der Waals surface area contributed by atoms with E-state index in [4.69, 9.17) is 4.74 Å². The van der Waals surface area contributed by atoms with Crippen LogP contribution in [0.1, 0.15) is 40.7 Å². The van der Waals surface area contributed by atoms with E-state index in [1.54, 1.807) is 19.2 Å². The zero-order valence-electron chi connectivity index (χ0n) is 13.9. The number of aromatic nitrogens is 2. The van der Waals surface area contributed by atoms with E-state index < -0.39 is 0 Å². The van der Waals surface area contributed by atoms with Gasteiger partial charge in [-0.15, -0.1) is 0 Å². The van der Waals surface area contributed by atoms with Crippen LogP contribution in [-0.4, -0.2) is 35.6 Å². The zero-order valence-corrected chi connectivity index (χ0v) is 13.9. The molecule has 1 aliphatic rings. The zero-order chi connectivity index (χ0) is 17.1. The van der Waals surface area contributed by atoms with E-state index in [-0.39, 0.29) is 17.4 Å². The van der Waals surface area contributed by atoms with Gasteiger partial charge in [-0.25, -0.2) is 9.78 Å². The minimum absolute atomic E-state index is 0.123. The highest BCUT2D eigenvalue weighted by molar-refractivity contribution is 5.89. The third-order valence-corrected chi connectivity index (χ3v) is 4.46. The van der Waals surface area contributed by atoms with Crippen molar-refractivity contribution in [2.45, 2.75) is 26.2 Å². The molecule has 24 heavy (non-hydrogen) atoms. The van der Waals surface area contributed by atoms with Gasteiger partial charge in [-0.05, 0) is 43.5 Å². The third-order valence-electron chi connectivity index (χ3n) is 4.46. The fourth-order valence-corrected chi connectivity index (χ4v) is 3.22. The van der Waals surface area contributed by atoms with Gasteiger partial charge in [0.05, 0.1) is 24.7 Å². The number of aromatic amines is 1. The largest absolute Gasteiger partial charge is 0.462 e. The van der Waals surface area contributed by atoms with Crippen LogP contribution in [0.15, 0.2) is 35.5 Å². The molecule has 1 atom stereocenters. The molecule has 0 amide bonds. The number of carbonyl (C=O) groups excluding carboxylic acids is 1. The quantitative estimate of drug-likeness (QED) is 0.872. The third kappa shape index (κ3) is 3.18. The second-order valence-corrected chi connectivity index (χ2v) is 5.99. The predicted molar refractivity (Wildman–Crippen MR) is 91.6 cm³/mol. The minimum Gasteiger partial charge on any atom is -0.462 e. The standard InChI is InChI=1S/C18H21N3O3/c1-3-24-18(23)13-5-4-12(2)15(8-13)14-6-7-21(10-14)16-9-19-11-20-17(16)22/h4-5,8-9,11,14H,3,6-7,10H2,1-2H3,(H,19,20,22). The molecule has 6 heteroatoms. The summed E-state index contributed by atoms with van der Waals surface area (Å²) in [5.41, 5.74) is 3.34. The fourth-order valence-electron chi connectivity index (χ4n) is 3.22. The highest BCUT2D eigenvalue weighted by Crippen LogP contribution is 2.31. The summed E-state index contributed by atoms with van der Waals surface area (Å²) >= 11 is 0. The second kappa shape index (κ2) is 6.86. The Labute approximate surface area is 140 Å². The van der Waals surface area contributed by atoms with Crippen LogP contribution in [-0.2, 0) is 4.74 Å². The monoisotopic (exact) mass is 327 g/mol. The van der Waals surface area contributed by atoms with Gasteiger partial charge in [0.15, 0.2) is 0 Å². The van der Waals surface area contributed by atoms with E-state index in [9.17, 15) is 9.59 Å². The van der Waals surface area contributed by atoms with Gasteiger partial charge < -0.3 is 14.6 Å². The molecular weight excluding hydrogens is 306 g/mol. The van der Waals surface area contributed by atoms with Crippen LogP contribution >= 0.6 is 0 Å². The number of ether oxygens (including phenoxy) is 1. The van der Waals surface area contributed by atoms with Gasteiger partial charge in [0.2, 0.25) is 0 Å². The van der Waals surface area contributed by atoms with Crippen LogP contribution in [0.3, 0.4) is 0 Å². The molecule has 3 rings (SSSR count). The fraction of sp³-hybridized carbons (Fsp3) is 0.389. The molecule has 2 aromatic rings. The number of H-pyrrole nitrogens is 1. The number of aryl methyl sites for hydroxylation is 1. The summed E-state index contributed by atoms with van der Waals surface area (Å²) in [7, 11) is 0. The number of hydrogen-bond acceptors (Lipinski definition) is 5. The first kappa shape index (κ1) is 16.2. The smallest absolute Gasteiger partial charge is 0.338 e. The highest BCUT2D eigenvalue weighted by Gasteiger charge is 2.27. The lowest BCUT2D eigenvalue weighted by Crippen LogP contribution is -2.26. The van der Waals surface area contributed by atoms with Gasteiger partial charge in [-0.3, -0.25) is 4.79 Å². The summed E-state index contributed by atoms with van der Waals surface area (Å²) in [6.07, 6.45) is 3.93. The van der Waals surface area contributed by atoms with Gasteiger partial charge in [0, 0.05) is 19.0 Å². The van der Waals surface area contributed by atoms with E-state index in [0.717, 1.165) is 30.6 Å². The molecule has 1 aromatic carbocycles. The molecule has 0 aliphatic carbocycles. The number of nitrogens with zero attached hydrogens (tertiary/aromatic N) is 2. The minimum atomic E-state index is -0.294. The van der Waals surface area contributed by atoms with E-state index in [1.165, 1.54) is 6.33 Å². The molecule has 1 aliphatic heterocycles. The van der Waals surface area contributed by atoms with E-state index >= 15 is 0 Å². The van der Waals surface area contributed by atoms with E-state index in [2.05, 4.69) is 9.97 Å². The maximum Gasteiger partial charge on any atom is 0.338 e. The summed E-state index contributed by atoms with van der Waals surface area (Å²) in [5.74, 6) is -0.0173. The molecule has 1 fully saturated rings. The van der Waals surface area contributed by atoms with Crippen molar-refractivity contribution < 1.29 is 9.53 Å². The summed E-state index contributed by atoms with van der Waals surface area (Å²) in [5, 5.41) is 0. The number of hydrogen-bond donors (Lipinski definition) is 1.